The molecule has 4 aromatic carbocycles. The number of allylic oxidation sites excluding steroid dienone is 6. The lowest BCUT2D eigenvalue weighted by Crippen LogP contribution is -2.17. The normalized spacial score (nSPS) is 12.9. The zero-order chi connectivity index (χ0) is 37.3. The van der Waals surface area contributed by atoms with Gasteiger partial charge in [-0.05, 0) is 73.9 Å². The van der Waals surface area contributed by atoms with E-state index in [9.17, 15) is 5.11 Å². The summed E-state index contributed by atoms with van der Waals surface area (Å²) in [5.41, 5.74) is 12.0. The van der Waals surface area contributed by atoms with E-state index in [0.717, 1.165) is 24.0 Å². The molecule has 1 N–H and O–H groups in total. The van der Waals surface area contributed by atoms with Crippen molar-refractivity contribution in [3.63, 3.8) is 0 Å². The van der Waals surface area contributed by atoms with Crippen molar-refractivity contribution >= 4 is 0 Å². The largest absolute Gasteiger partial charge is 0.507 e. The molecular formula is C49H63O+. The zero-order valence-corrected chi connectivity index (χ0v) is 33.3. The predicted octanol–water partition coefficient (Wildman–Crippen LogP) is 13.3. The van der Waals surface area contributed by atoms with E-state index in [-0.39, 0.29) is 21.7 Å². The molecule has 0 atom stereocenters. The summed E-state index contributed by atoms with van der Waals surface area (Å²) in [6.45, 7) is 28.4. The van der Waals surface area contributed by atoms with E-state index >= 15 is 0 Å². The lowest BCUT2D eigenvalue weighted by molar-refractivity contribution is 0.423. The fourth-order valence-corrected chi connectivity index (χ4v) is 5.77. The van der Waals surface area contributed by atoms with Gasteiger partial charge in [0.25, 0.3) is 0 Å². The minimum Gasteiger partial charge on any atom is -0.507 e. The van der Waals surface area contributed by atoms with E-state index in [2.05, 4.69) is 193 Å². The maximum absolute atomic E-state index is 10.4. The Kier molecular flexibility index (Phi) is 13.4. The highest BCUT2D eigenvalue weighted by molar-refractivity contribution is 5.49. The van der Waals surface area contributed by atoms with Gasteiger partial charge < -0.3 is 5.11 Å². The Balaban J connectivity index is 0.000000209. The lowest BCUT2D eigenvalue weighted by Gasteiger charge is -2.27. The monoisotopic (exact) mass is 667 g/mol. The number of aromatic hydroxyl groups is 1. The lowest BCUT2D eigenvalue weighted by atomic mass is 9.78. The minimum atomic E-state index is -0.0178. The fourth-order valence-electron chi connectivity index (χ4n) is 5.77. The fraction of sp³-hybridized carbons (Fsp3) is 0.388. The van der Waals surface area contributed by atoms with Crippen LogP contribution in [-0.2, 0) is 34.5 Å². The minimum absolute atomic E-state index is 0.0178. The third kappa shape index (κ3) is 12.6. The van der Waals surface area contributed by atoms with E-state index in [1.54, 1.807) is 0 Å². The SMILES string of the molecule is CC(C)(C)c1ccc(Cc2ccc(C(C)(C)C)cc2)cc1.Cc1cc(C(C)(C)C)c(O)c(C(C)(C)C)c1.[C+]1=CC=C(Cc2ccccc2)C=C1. The number of hydrogen-bond acceptors (Lipinski definition) is 1. The average Bonchev–Trinajstić information content (AvgIpc) is 3.02. The summed E-state index contributed by atoms with van der Waals surface area (Å²) in [6, 6.07) is 32.8. The number of rotatable bonds is 4. The van der Waals surface area contributed by atoms with Gasteiger partial charge in [-0.15, -0.1) is 0 Å². The molecule has 1 aliphatic carbocycles. The Morgan fingerprint density at radius 3 is 1.30 bits per heavy atom. The topological polar surface area (TPSA) is 20.2 Å². The molecule has 4 aromatic rings. The molecule has 5 rings (SSSR count). The van der Waals surface area contributed by atoms with Crippen LogP contribution in [0.2, 0.25) is 0 Å². The van der Waals surface area contributed by atoms with Gasteiger partial charge >= 0.3 is 0 Å². The number of hydrogen-bond donors (Lipinski definition) is 1. The Labute approximate surface area is 305 Å². The van der Waals surface area contributed by atoms with Crippen molar-refractivity contribution in [3.8, 4) is 5.75 Å². The molecule has 50 heavy (non-hydrogen) atoms. The first-order valence-electron chi connectivity index (χ1n) is 18.2. The number of aryl methyl sites for hydroxylation is 1. The summed E-state index contributed by atoms with van der Waals surface area (Å²) in [5, 5.41) is 10.4. The van der Waals surface area contributed by atoms with Crippen LogP contribution in [0.4, 0.5) is 0 Å². The molecule has 0 saturated carbocycles. The average molecular weight is 668 g/mol. The van der Waals surface area contributed by atoms with Crippen LogP contribution >= 0.6 is 0 Å². The van der Waals surface area contributed by atoms with E-state index < -0.39 is 0 Å². The highest BCUT2D eigenvalue weighted by Gasteiger charge is 2.25. The number of phenols is 1. The second-order valence-corrected chi connectivity index (χ2v) is 17.8. The maximum atomic E-state index is 10.4. The van der Waals surface area contributed by atoms with Crippen LogP contribution in [0.5, 0.6) is 5.75 Å². The Morgan fingerprint density at radius 1 is 0.520 bits per heavy atom. The molecule has 0 radical (unpaired) electrons. The first kappa shape index (κ1) is 40.2. The Hall–Kier alpha value is -4.19. The Bertz CT molecular complexity index is 1640. The van der Waals surface area contributed by atoms with Gasteiger partial charge in [0.15, 0.2) is 0 Å². The van der Waals surface area contributed by atoms with Crippen molar-refractivity contribution in [1.82, 2.24) is 0 Å². The third-order valence-corrected chi connectivity index (χ3v) is 8.96. The summed E-state index contributed by atoms with van der Waals surface area (Å²) in [7, 11) is 0. The van der Waals surface area contributed by atoms with Crippen LogP contribution in [0.1, 0.15) is 128 Å². The van der Waals surface area contributed by atoms with Crippen LogP contribution in [0.25, 0.3) is 0 Å². The molecule has 0 aliphatic heterocycles. The summed E-state index contributed by atoms with van der Waals surface area (Å²) in [5.74, 6) is 0.464. The second-order valence-electron chi connectivity index (χ2n) is 17.8. The maximum Gasteiger partial charge on any atom is 0.123 e. The van der Waals surface area contributed by atoms with E-state index in [0.29, 0.717) is 5.75 Å². The molecule has 264 valence electrons. The third-order valence-electron chi connectivity index (χ3n) is 8.96. The molecule has 0 fully saturated rings. The molecule has 0 saturated heterocycles. The van der Waals surface area contributed by atoms with Gasteiger partial charge in [0.2, 0.25) is 0 Å². The number of benzene rings is 4. The smallest absolute Gasteiger partial charge is 0.123 e. The van der Waals surface area contributed by atoms with Crippen LogP contribution < -0.4 is 0 Å². The zero-order valence-electron chi connectivity index (χ0n) is 33.3. The summed E-state index contributed by atoms with van der Waals surface area (Å²) in [4.78, 5) is 0. The predicted molar refractivity (Wildman–Crippen MR) is 219 cm³/mol. The van der Waals surface area contributed by atoms with Crippen molar-refractivity contribution in [3.05, 3.63) is 171 Å². The molecule has 0 heterocycles. The molecule has 1 aliphatic rings. The first-order chi connectivity index (χ1) is 23.1. The van der Waals surface area contributed by atoms with Crippen LogP contribution in [0, 0.1) is 13.0 Å². The van der Waals surface area contributed by atoms with Gasteiger partial charge in [-0.3, -0.25) is 0 Å². The van der Waals surface area contributed by atoms with Crippen LogP contribution in [-0.4, -0.2) is 5.11 Å². The first-order valence-corrected chi connectivity index (χ1v) is 18.2. The summed E-state index contributed by atoms with van der Waals surface area (Å²) >= 11 is 0. The van der Waals surface area contributed by atoms with E-state index in [1.807, 2.05) is 18.2 Å². The molecule has 0 bridgehead atoms. The molecule has 1 nitrogen and oxygen atoms in total. The van der Waals surface area contributed by atoms with E-state index in [1.165, 1.54) is 39.0 Å². The second kappa shape index (κ2) is 16.7. The van der Waals surface area contributed by atoms with Crippen molar-refractivity contribution < 1.29 is 5.11 Å². The van der Waals surface area contributed by atoms with Gasteiger partial charge in [-0.25, -0.2) is 0 Å². The number of phenolic OH excluding ortho intramolecular Hbond substituents is 1. The van der Waals surface area contributed by atoms with E-state index in [4.69, 9.17) is 0 Å². The Morgan fingerprint density at radius 2 is 0.940 bits per heavy atom. The van der Waals surface area contributed by atoms with Gasteiger partial charge in [0, 0.05) is 12.5 Å². The van der Waals surface area contributed by atoms with Crippen LogP contribution in [0.3, 0.4) is 0 Å². The molecule has 0 aromatic heterocycles. The highest BCUT2D eigenvalue weighted by atomic mass is 16.3. The van der Waals surface area contributed by atoms with Crippen molar-refractivity contribution in [2.24, 2.45) is 0 Å². The molecular weight excluding hydrogens is 605 g/mol. The summed E-state index contributed by atoms with van der Waals surface area (Å²) in [6.07, 6.45) is 13.2. The van der Waals surface area contributed by atoms with Crippen molar-refractivity contribution in [2.75, 3.05) is 0 Å². The van der Waals surface area contributed by atoms with Crippen molar-refractivity contribution in [2.45, 2.75) is 125 Å². The van der Waals surface area contributed by atoms with Crippen molar-refractivity contribution in [1.29, 1.82) is 0 Å². The molecule has 1 heteroatoms. The molecule has 0 amide bonds. The molecule has 0 spiro atoms. The summed E-state index contributed by atoms with van der Waals surface area (Å²) < 4.78 is 0. The van der Waals surface area contributed by atoms with Gasteiger partial charge in [-0.2, -0.15) is 0 Å². The van der Waals surface area contributed by atoms with Gasteiger partial charge in [0.1, 0.15) is 17.9 Å². The molecule has 0 unspecified atom stereocenters. The van der Waals surface area contributed by atoms with Gasteiger partial charge in [0.05, 0.1) is 17.7 Å². The van der Waals surface area contributed by atoms with Gasteiger partial charge in [-0.1, -0.05) is 180 Å². The van der Waals surface area contributed by atoms with Crippen LogP contribution in [0.15, 0.2) is 121 Å². The standard InChI is InChI=1S/C21H28.C15H24O.C13H11/c1-20(2,3)18-11-7-16(8-12-18)15-17-9-13-19(14-10-17)21(4,5)6;1-10-8-11(14(2,3)4)13(16)12(9-10)15(5,6)7;1-3-7-12(8-4-1)11-13-9-5-2-6-10-13/h7-14H,15H2,1-6H3;8-9,16H,1-7H3;1,3-10H,11H2/q;;+1. The quantitative estimate of drug-likeness (QED) is 0.215. The highest BCUT2D eigenvalue weighted by Crippen LogP contribution is 2.39.